The van der Waals surface area contributed by atoms with Crippen molar-refractivity contribution in [2.75, 3.05) is 17.6 Å². The van der Waals surface area contributed by atoms with Crippen molar-refractivity contribution in [2.45, 2.75) is 32.6 Å². The fraction of sp³-hybridized carbons (Fsp3) is 0.292. The predicted molar refractivity (Wildman–Crippen MR) is 122 cm³/mol. The monoisotopic (exact) mass is 416 g/mol. The molecule has 2 aromatic carbocycles. The molecule has 4 aromatic rings. The third kappa shape index (κ3) is 3.83. The molecule has 0 amide bonds. The van der Waals surface area contributed by atoms with Crippen LogP contribution >= 0.6 is 0 Å². The Morgan fingerprint density at radius 2 is 1.77 bits per heavy atom. The topological polar surface area (TPSA) is 81.7 Å². The predicted octanol–water partition coefficient (Wildman–Crippen LogP) is 5.15. The molecular formula is C24H25FN6. The summed E-state index contributed by atoms with van der Waals surface area (Å²) in [5, 5.41) is 8.67. The van der Waals surface area contributed by atoms with E-state index in [0.29, 0.717) is 40.3 Å². The Kier molecular flexibility index (Phi) is 4.81. The van der Waals surface area contributed by atoms with Crippen molar-refractivity contribution in [1.29, 1.82) is 0 Å². The number of nitrogen functional groups attached to an aromatic ring is 1. The van der Waals surface area contributed by atoms with Gasteiger partial charge in [0.1, 0.15) is 11.6 Å². The highest BCUT2D eigenvalue weighted by Crippen LogP contribution is 2.34. The van der Waals surface area contributed by atoms with Crippen molar-refractivity contribution in [3.63, 3.8) is 0 Å². The lowest BCUT2D eigenvalue weighted by atomic mass is 10.00. The largest absolute Gasteiger partial charge is 0.383 e. The lowest BCUT2D eigenvalue weighted by molar-refractivity contribution is 0.627. The van der Waals surface area contributed by atoms with Gasteiger partial charge in [0.25, 0.3) is 0 Å². The standard InChI is InChI=1S/C24H25FN6/c1-14(2)16-5-7-17(8-6-16)21-20-22(26)31(19-11-9-18(25)10-12-19)30-23(20)29-24(28-21)27-13-15-3-4-15/h5-12,14-15H,3-4,13,26H2,1-2H3,(H,27,29,30). The fourth-order valence-corrected chi connectivity index (χ4v) is 3.66. The van der Waals surface area contributed by atoms with Gasteiger partial charge in [-0.2, -0.15) is 4.98 Å². The SMILES string of the molecule is CC(C)c1ccc(-c2nc(NCC3CC3)nc3nn(-c4ccc(F)cc4)c(N)c23)cc1. The maximum absolute atomic E-state index is 13.4. The second kappa shape index (κ2) is 7.65. The number of aromatic nitrogens is 4. The van der Waals surface area contributed by atoms with Gasteiger partial charge in [-0.3, -0.25) is 0 Å². The normalized spacial score (nSPS) is 13.8. The van der Waals surface area contributed by atoms with Gasteiger partial charge in [-0.05, 0) is 54.5 Å². The van der Waals surface area contributed by atoms with Gasteiger partial charge in [0.15, 0.2) is 5.65 Å². The summed E-state index contributed by atoms with van der Waals surface area (Å²) in [7, 11) is 0. The highest BCUT2D eigenvalue weighted by atomic mass is 19.1. The van der Waals surface area contributed by atoms with Crippen LogP contribution in [0.25, 0.3) is 28.0 Å². The van der Waals surface area contributed by atoms with Gasteiger partial charge in [-0.25, -0.2) is 14.1 Å². The minimum atomic E-state index is -0.309. The summed E-state index contributed by atoms with van der Waals surface area (Å²) in [6.45, 7) is 5.19. The molecule has 0 unspecified atom stereocenters. The third-order valence-electron chi connectivity index (χ3n) is 5.74. The number of nitrogens with one attached hydrogen (secondary N) is 1. The van der Waals surface area contributed by atoms with E-state index in [4.69, 9.17) is 10.7 Å². The van der Waals surface area contributed by atoms with Gasteiger partial charge in [-0.15, -0.1) is 5.10 Å². The number of nitrogens with zero attached hydrogens (tertiary/aromatic N) is 4. The zero-order valence-corrected chi connectivity index (χ0v) is 17.6. The summed E-state index contributed by atoms with van der Waals surface area (Å²) in [6, 6.07) is 14.4. The average Bonchev–Trinajstić information content (AvgIpc) is 3.55. The summed E-state index contributed by atoms with van der Waals surface area (Å²) in [6.07, 6.45) is 2.48. The number of hydrogen-bond donors (Lipinski definition) is 2. The molecule has 1 fully saturated rings. The molecule has 2 aromatic heterocycles. The number of hydrogen-bond acceptors (Lipinski definition) is 5. The first-order valence-electron chi connectivity index (χ1n) is 10.7. The zero-order chi connectivity index (χ0) is 21.5. The summed E-state index contributed by atoms with van der Waals surface area (Å²) in [5.41, 5.74) is 10.7. The molecule has 0 spiro atoms. The first-order chi connectivity index (χ1) is 15.0. The van der Waals surface area contributed by atoms with Gasteiger partial charge in [-0.1, -0.05) is 38.1 Å². The first-order valence-corrected chi connectivity index (χ1v) is 10.7. The van der Waals surface area contributed by atoms with Crippen LogP contribution in [0.4, 0.5) is 16.2 Å². The zero-order valence-electron chi connectivity index (χ0n) is 17.6. The minimum Gasteiger partial charge on any atom is -0.383 e. The molecule has 0 aliphatic heterocycles. The highest BCUT2D eigenvalue weighted by Gasteiger charge is 2.23. The van der Waals surface area contributed by atoms with Crippen LogP contribution in [-0.4, -0.2) is 26.3 Å². The van der Waals surface area contributed by atoms with E-state index in [1.807, 2.05) is 0 Å². The molecule has 0 bridgehead atoms. The van der Waals surface area contributed by atoms with E-state index in [2.05, 4.69) is 53.5 Å². The Balaban J connectivity index is 1.65. The summed E-state index contributed by atoms with van der Waals surface area (Å²) < 4.78 is 15.0. The second-order valence-electron chi connectivity index (χ2n) is 8.47. The van der Waals surface area contributed by atoms with E-state index in [1.165, 1.54) is 30.5 Å². The number of benzene rings is 2. The molecule has 1 aliphatic rings. The van der Waals surface area contributed by atoms with Gasteiger partial charge < -0.3 is 11.1 Å². The van der Waals surface area contributed by atoms with E-state index in [-0.39, 0.29) is 5.82 Å². The van der Waals surface area contributed by atoms with Crippen LogP contribution in [0.15, 0.2) is 48.5 Å². The number of nitrogens with two attached hydrogens (primary N) is 1. The molecule has 0 atom stereocenters. The van der Waals surface area contributed by atoms with Crippen LogP contribution in [0.5, 0.6) is 0 Å². The van der Waals surface area contributed by atoms with Crippen molar-refractivity contribution in [1.82, 2.24) is 19.7 Å². The Morgan fingerprint density at radius 3 is 2.42 bits per heavy atom. The molecule has 31 heavy (non-hydrogen) atoms. The molecule has 2 heterocycles. The van der Waals surface area contributed by atoms with E-state index in [1.54, 1.807) is 16.8 Å². The Labute approximate surface area is 180 Å². The summed E-state index contributed by atoms with van der Waals surface area (Å²) in [5.74, 6) is 1.80. The van der Waals surface area contributed by atoms with Crippen LogP contribution in [0.1, 0.15) is 38.2 Å². The lowest BCUT2D eigenvalue weighted by Crippen LogP contribution is -2.07. The molecular weight excluding hydrogens is 391 g/mol. The molecule has 6 nitrogen and oxygen atoms in total. The van der Waals surface area contributed by atoms with Gasteiger partial charge in [0, 0.05) is 12.1 Å². The van der Waals surface area contributed by atoms with E-state index in [9.17, 15) is 4.39 Å². The van der Waals surface area contributed by atoms with Crippen molar-refractivity contribution >= 4 is 22.8 Å². The molecule has 0 radical (unpaired) electrons. The van der Waals surface area contributed by atoms with Crippen molar-refractivity contribution in [3.05, 3.63) is 59.9 Å². The third-order valence-corrected chi connectivity index (χ3v) is 5.74. The number of halogens is 1. The van der Waals surface area contributed by atoms with Gasteiger partial charge in [0.05, 0.1) is 16.8 Å². The average molecular weight is 417 g/mol. The van der Waals surface area contributed by atoms with Crippen LogP contribution in [-0.2, 0) is 0 Å². The van der Waals surface area contributed by atoms with Crippen molar-refractivity contribution in [2.24, 2.45) is 5.92 Å². The number of rotatable bonds is 6. The fourth-order valence-electron chi connectivity index (χ4n) is 3.66. The maximum Gasteiger partial charge on any atom is 0.225 e. The van der Waals surface area contributed by atoms with E-state index < -0.39 is 0 Å². The molecule has 0 saturated heterocycles. The Hall–Kier alpha value is -3.48. The lowest BCUT2D eigenvalue weighted by Gasteiger charge is -2.10. The maximum atomic E-state index is 13.4. The first kappa shape index (κ1) is 19.5. The van der Waals surface area contributed by atoms with Crippen molar-refractivity contribution in [3.8, 4) is 16.9 Å². The number of anilines is 2. The molecule has 1 saturated carbocycles. The highest BCUT2D eigenvalue weighted by molar-refractivity contribution is 5.99. The molecule has 3 N–H and O–H groups in total. The van der Waals surface area contributed by atoms with Crippen LogP contribution in [0.2, 0.25) is 0 Å². The van der Waals surface area contributed by atoms with Gasteiger partial charge >= 0.3 is 0 Å². The Bertz CT molecular complexity index is 1220. The minimum absolute atomic E-state index is 0.309. The second-order valence-corrected chi connectivity index (χ2v) is 8.47. The van der Waals surface area contributed by atoms with Crippen molar-refractivity contribution < 1.29 is 4.39 Å². The molecule has 7 heteroatoms. The molecule has 1 aliphatic carbocycles. The van der Waals surface area contributed by atoms with Crippen LogP contribution < -0.4 is 11.1 Å². The quantitative estimate of drug-likeness (QED) is 0.454. The van der Waals surface area contributed by atoms with Crippen LogP contribution in [0.3, 0.4) is 0 Å². The van der Waals surface area contributed by atoms with Gasteiger partial charge in [0.2, 0.25) is 5.95 Å². The van der Waals surface area contributed by atoms with E-state index in [0.717, 1.165) is 17.8 Å². The Morgan fingerprint density at radius 1 is 1.06 bits per heavy atom. The number of fused-ring (bicyclic) bond motifs is 1. The smallest absolute Gasteiger partial charge is 0.225 e. The summed E-state index contributed by atoms with van der Waals surface area (Å²) in [4.78, 5) is 9.44. The van der Waals surface area contributed by atoms with Crippen LogP contribution in [0, 0.1) is 11.7 Å². The summed E-state index contributed by atoms with van der Waals surface area (Å²) >= 11 is 0. The van der Waals surface area contributed by atoms with E-state index >= 15 is 0 Å². The molecule has 158 valence electrons. The molecule has 5 rings (SSSR count).